The summed E-state index contributed by atoms with van der Waals surface area (Å²) >= 11 is 0. The van der Waals surface area contributed by atoms with Crippen LogP contribution in [-0.4, -0.2) is 41.4 Å². The molecule has 0 radical (unpaired) electrons. The standard InChI is InChI=1S/C22H25N5O/c1-27(2)16-8-10-17-9-3-4-11-18(17)25-21-19(13-7-15-24-21)26-22(28)20-12-5-6-14-23-20/h3-7,9,11-15H,8,10,16H2,1-2H3,(H,24,25)(H,26,28). The molecular weight excluding hydrogens is 350 g/mol. The number of hydrogen-bond donors (Lipinski definition) is 2. The summed E-state index contributed by atoms with van der Waals surface area (Å²) in [6.07, 6.45) is 5.33. The number of pyridine rings is 2. The topological polar surface area (TPSA) is 70.2 Å². The van der Waals surface area contributed by atoms with Gasteiger partial charge in [0.2, 0.25) is 0 Å². The number of nitrogens with zero attached hydrogens (tertiary/aromatic N) is 3. The van der Waals surface area contributed by atoms with Gasteiger partial charge < -0.3 is 15.5 Å². The molecule has 6 nitrogen and oxygen atoms in total. The first kappa shape index (κ1) is 19.5. The lowest BCUT2D eigenvalue weighted by Crippen LogP contribution is -2.15. The number of carbonyl (C=O) groups is 1. The van der Waals surface area contributed by atoms with Gasteiger partial charge in [-0.05, 0) is 69.4 Å². The molecule has 0 aliphatic rings. The first-order valence-corrected chi connectivity index (χ1v) is 9.30. The Labute approximate surface area is 165 Å². The van der Waals surface area contributed by atoms with Gasteiger partial charge in [0, 0.05) is 18.1 Å². The normalized spacial score (nSPS) is 10.7. The van der Waals surface area contributed by atoms with Gasteiger partial charge in [-0.3, -0.25) is 9.78 Å². The molecule has 0 aliphatic heterocycles. The lowest BCUT2D eigenvalue weighted by molar-refractivity contribution is 0.102. The molecule has 0 unspecified atom stereocenters. The first-order valence-electron chi connectivity index (χ1n) is 9.30. The molecule has 6 heteroatoms. The fourth-order valence-corrected chi connectivity index (χ4v) is 2.86. The Morgan fingerprint density at radius 2 is 1.68 bits per heavy atom. The lowest BCUT2D eigenvalue weighted by Gasteiger charge is -2.15. The largest absolute Gasteiger partial charge is 0.338 e. The maximum Gasteiger partial charge on any atom is 0.274 e. The third-order valence-electron chi connectivity index (χ3n) is 4.28. The molecule has 1 aromatic carbocycles. The summed E-state index contributed by atoms with van der Waals surface area (Å²) in [4.78, 5) is 23.1. The van der Waals surface area contributed by atoms with Gasteiger partial charge in [0.1, 0.15) is 5.69 Å². The van der Waals surface area contributed by atoms with E-state index in [-0.39, 0.29) is 5.91 Å². The molecule has 28 heavy (non-hydrogen) atoms. The lowest BCUT2D eigenvalue weighted by atomic mass is 10.1. The molecular formula is C22H25N5O. The number of benzene rings is 1. The van der Waals surface area contributed by atoms with E-state index in [1.54, 1.807) is 36.7 Å². The van der Waals surface area contributed by atoms with E-state index in [2.05, 4.69) is 45.7 Å². The van der Waals surface area contributed by atoms with Crippen molar-refractivity contribution >= 4 is 23.1 Å². The highest BCUT2D eigenvalue weighted by Gasteiger charge is 2.12. The van der Waals surface area contributed by atoms with Crippen molar-refractivity contribution in [3.63, 3.8) is 0 Å². The van der Waals surface area contributed by atoms with Gasteiger partial charge in [0.05, 0.1) is 5.69 Å². The average molecular weight is 375 g/mol. The van der Waals surface area contributed by atoms with E-state index in [9.17, 15) is 4.79 Å². The Balaban J connectivity index is 1.76. The van der Waals surface area contributed by atoms with Gasteiger partial charge in [-0.15, -0.1) is 0 Å². The molecule has 0 saturated carbocycles. The number of carbonyl (C=O) groups excluding carboxylic acids is 1. The Hall–Kier alpha value is -3.25. The second-order valence-electron chi connectivity index (χ2n) is 6.76. The predicted molar refractivity (Wildman–Crippen MR) is 113 cm³/mol. The zero-order valence-electron chi connectivity index (χ0n) is 16.2. The van der Waals surface area contributed by atoms with E-state index in [1.165, 1.54) is 5.56 Å². The second kappa shape index (κ2) is 9.62. The molecule has 0 aliphatic carbocycles. The van der Waals surface area contributed by atoms with Crippen LogP contribution < -0.4 is 10.6 Å². The number of nitrogens with one attached hydrogen (secondary N) is 2. The maximum atomic E-state index is 12.5. The number of amides is 1. The average Bonchev–Trinajstić information content (AvgIpc) is 2.71. The minimum absolute atomic E-state index is 0.268. The molecule has 0 fully saturated rings. The Kier molecular flexibility index (Phi) is 6.70. The quantitative estimate of drug-likeness (QED) is 0.623. The predicted octanol–water partition coefficient (Wildman–Crippen LogP) is 3.97. The van der Waals surface area contributed by atoms with Gasteiger partial charge >= 0.3 is 0 Å². The van der Waals surface area contributed by atoms with Crippen molar-refractivity contribution < 1.29 is 4.79 Å². The van der Waals surface area contributed by atoms with Crippen LogP contribution in [0.15, 0.2) is 67.0 Å². The highest BCUT2D eigenvalue weighted by Crippen LogP contribution is 2.26. The summed E-state index contributed by atoms with van der Waals surface area (Å²) < 4.78 is 0. The second-order valence-corrected chi connectivity index (χ2v) is 6.76. The molecule has 1 amide bonds. The molecule has 0 atom stereocenters. The zero-order valence-corrected chi connectivity index (χ0v) is 16.2. The molecule has 0 spiro atoms. The zero-order chi connectivity index (χ0) is 19.8. The fourth-order valence-electron chi connectivity index (χ4n) is 2.86. The van der Waals surface area contributed by atoms with Crippen molar-refractivity contribution in [3.8, 4) is 0 Å². The summed E-state index contributed by atoms with van der Waals surface area (Å²) in [5, 5.41) is 6.27. The molecule has 3 rings (SSSR count). The van der Waals surface area contributed by atoms with E-state index < -0.39 is 0 Å². The summed E-state index contributed by atoms with van der Waals surface area (Å²) in [5.74, 6) is 0.336. The van der Waals surface area contributed by atoms with Crippen molar-refractivity contribution in [3.05, 3.63) is 78.2 Å². The van der Waals surface area contributed by atoms with Crippen molar-refractivity contribution in [2.45, 2.75) is 12.8 Å². The molecule has 3 aromatic rings. The van der Waals surface area contributed by atoms with Crippen LogP contribution in [0.25, 0.3) is 0 Å². The van der Waals surface area contributed by atoms with Crippen LogP contribution in [0.5, 0.6) is 0 Å². The van der Waals surface area contributed by atoms with Crippen LogP contribution in [0.4, 0.5) is 17.2 Å². The maximum absolute atomic E-state index is 12.5. The summed E-state index contributed by atoms with van der Waals surface area (Å²) in [6.45, 7) is 1.03. The van der Waals surface area contributed by atoms with Crippen molar-refractivity contribution in [1.29, 1.82) is 0 Å². The monoisotopic (exact) mass is 375 g/mol. The number of rotatable bonds is 8. The Bertz CT molecular complexity index is 912. The van der Waals surface area contributed by atoms with Crippen LogP contribution in [0.1, 0.15) is 22.5 Å². The van der Waals surface area contributed by atoms with Gasteiger partial charge in [-0.1, -0.05) is 24.3 Å². The number of aryl methyl sites for hydroxylation is 1. The van der Waals surface area contributed by atoms with Gasteiger partial charge in [-0.2, -0.15) is 0 Å². The third kappa shape index (κ3) is 5.37. The number of aromatic nitrogens is 2. The first-order chi connectivity index (χ1) is 13.6. The van der Waals surface area contributed by atoms with Crippen LogP contribution in [-0.2, 0) is 6.42 Å². The van der Waals surface area contributed by atoms with E-state index >= 15 is 0 Å². The molecule has 2 N–H and O–H groups in total. The summed E-state index contributed by atoms with van der Waals surface area (Å²) in [6, 6.07) is 17.0. The highest BCUT2D eigenvalue weighted by atomic mass is 16.1. The van der Waals surface area contributed by atoms with E-state index in [4.69, 9.17) is 0 Å². The van der Waals surface area contributed by atoms with Crippen LogP contribution in [0.3, 0.4) is 0 Å². The van der Waals surface area contributed by atoms with Crippen LogP contribution in [0, 0.1) is 0 Å². The number of anilines is 3. The molecule has 144 valence electrons. The highest BCUT2D eigenvalue weighted by molar-refractivity contribution is 6.04. The van der Waals surface area contributed by atoms with Crippen molar-refractivity contribution in [1.82, 2.24) is 14.9 Å². The smallest absolute Gasteiger partial charge is 0.274 e. The molecule has 2 aromatic heterocycles. The van der Waals surface area contributed by atoms with Crippen LogP contribution in [0.2, 0.25) is 0 Å². The minimum atomic E-state index is -0.268. The molecule has 0 bridgehead atoms. The Morgan fingerprint density at radius 3 is 2.46 bits per heavy atom. The molecule has 0 saturated heterocycles. The summed E-state index contributed by atoms with van der Waals surface area (Å²) in [7, 11) is 4.16. The van der Waals surface area contributed by atoms with E-state index in [0.29, 0.717) is 17.2 Å². The summed E-state index contributed by atoms with van der Waals surface area (Å²) in [5.41, 5.74) is 3.19. The third-order valence-corrected chi connectivity index (χ3v) is 4.28. The number of hydrogen-bond acceptors (Lipinski definition) is 5. The Morgan fingerprint density at radius 1 is 0.929 bits per heavy atom. The van der Waals surface area contributed by atoms with Crippen molar-refractivity contribution in [2.75, 3.05) is 31.3 Å². The van der Waals surface area contributed by atoms with E-state index in [1.807, 2.05) is 24.3 Å². The molecule has 2 heterocycles. The van der Waals surface area contributed by atoms with Gasteiger partial charge in [0.15, 0.2) is 5.82 Å². The number of para-hydroxylation sites is 1. The minimum Gasteiger partial charge on any atom is -0.338 e. The van der Waals surface area contributed by atoms with Gasteiger partial charge in [-0.25, -0.2) is 4.98 Å². The van der Waals surface area contributed by atoms with Crippen LogP contribution >= 0.6 is 0 Å². The fraction of sp³-hybridized carbons (Fsp3) is 0.227. The van der Waals surface area contributed by atoms with Crippen molar-refractivity contribution in [2.24, 2.45) is 0 Å². The SMILES string of the molecule is CN(C)CCCc1ccccc1Nc1ncccc1NC(=O)c1ccccn1. The van der Waals surface area contributed by atoms with Gasteiger partial charge in [0.25, 0.3) is 5.91 Å². The van der Waals surface area contributed by atoms with E-state index in [0.717, 1.165) is 25.1 Å².